The van der Waals surface area contributed by atoms with E-state index >= 15 is 0 Å². The van der Waals surface area contributed by atoms with Crippen LogP contribution < -0.4 is 5.32 Å². The molecule has 0 fully saturated rings. The second-order valence-electron chi connectivity index (χ2n) is 5.68. The van der Waals surface area contributed by atoms with Crippen molar-refractivity contribution in [3.63, 3.8) is 0 Å². The number of carbonyl (C=O) groups excluding carboxylic acids is 2. The Morgan fingerprint density at radius 2 is 1.67 bits per heavy atom. The van der Waals surface area contributed by atoms with Crippen LogP contribution in [0.3, 0.4) is 0 Å². The summed E-state index contributed by atoms with van der Waals surface area (Å²) in [6, 6.07) is 10.9. The van der Waals surface area contributed by atoms with Crippen LogP contribution in [0, 0.1) is 0 Å². The zero-order valence-electron chi connectivity index (χ0n) is 13.5. The molecule has 27 heavy (non-hydrogen) atoms. The number of imide groups is 1. The minimum absolute atomic E-state index is 0.0151. The van der Waals surface area contributed by atoms with Gasteiger partial charge in [0.1, 0.15) is 10.7 Å². The predicted molar refractivity (Wildman–Crippen MR) is 95.0 cm³/mol. The molecule has 1 N–H and O–H groups in total. The van der Waals surface area contributed by atoms with Crippen LogP contribution >= 0.6 is 23.2 Å². The summed E-state index contributed by atoms with van der Waals surface area (Å²) in [5, 5.41) is 2.49. The van der Waals surface area contributed by atoms with Crippen LogP contribution in [0.2, 0.25) is 5.02 Å². The highest BCUT2D eigenvalue weighted by Crippen LogP contribution is 2.32. The summed E-state index contributed by atoms with van der Waals surface area (Å²) in [5.41, 5.74) is -0.661. The Bertz CT molecular complexity index is 958. The summed E-state index contributed by atoms with van der Waals surface area (Å²) in [5.74, 6) is -1.50. The molecule has 2 amide bonds. The topological polar surface area (TPSA) is 49.4 Å². The molecule has 0 spiro atoms. The van der Waals surface area contributed by atoms with Crippen LogP contribution in [-0.2, 0) is 22.3 Å². The Morgan fingerprint density at radius 1 is 0.963 bits per heavy atom. The summed E-state index contributed by atoms with van der Waals surface area (Å²) < 4.78 is 38.5. The molecule has 3 rings (SSSR count). The quantitative estimate of drug-likeness (QED) is 0.731. The van der Waals surface area contributed by atoms with Crippen LogP contribution in [0.25, 0.3) is 0 Å². The first kappa shape index (κ1) is 19.3. The molecule has 140 valence electrons. The van der Waals surface area contributed by atoms with Crippen LogP contribution in [-0.4, -0.2) is 16.7 Å². The minimum atomic E-state index is -4.54. The van der Waals surface area contributed by atoms with Crippen LogP contribution in [0.1, 0.15) is 11.1 Å². The molecule has 2 aromatic rings. The molecule has 0 saturated heterocycles. The maximum atomic E-state index is 12.8. The number of rotatable bonds is 4. The molecule has 1 aliphatic heterocycles. The Kier molecular flexibility index (Phi) is 5.17. The van der Waals surface area contributed by atoms with Crippen molar-refractivity contribution in [3.8, 4) is 0 Å². The fourth-order valence-electron chi connectivity index (χ4n) is 2.51. The monoisotopic (exact) mass is 414 g/mol. The molecule has 2 aromatic carbocycles. The van der Waals surface area contributed by atoms with E-state index in [9.17, 15) is 22.8 Å². The average Bonchev–Trinajstić information content (AvgIpc) is 2.81. The Morgan fingerprint density at radius 3 is 2.33 bits per heavy atom. The molecule has 0 unspecified atom stereocenters. The summed E-state index contributed by atoms with van der Waals surface area (Å²) >= 11 is 12.0. The fourth-order valence-corrected chi connectivity index (χ4v) is 2.94. The molecule has 0 aliphatic carbocycles. The third-order valence-corrected chi connectivity index (χ3v) is 4.58. The Balaban J connectivity index is 1.84. The first-order chi connectivity index (χ1) is 12.7. The van der Waals surface area contributed by atoms with Gasteiger partial charge in [0.25, 0.3) is 11.8 Å². The van der Waals surface area contributed by atoms with Crippen LogP contribution in [0.5, 0.6) is 0 Å². The van der Waals surface area contributed by atoms with Crippen molar-refractivity contribution in [1.82, 2.24) is 4.90 Å². The van der Waals surface area contributed by atoms with Gasteiger partial charge in [-0.3, -0.25) is 14.5 Å². The molecule has 0 atom stereocenters. The molecule has 1 heterocycles. The lowest BCUT2D eigenvalue weighted by molar-refractivity contribution is -0.138. The molecular weight excluding hydrogens is 404 g/mol. The Labute approximate surface area is 162 Å². The predicted octanol–water partition coefficient (Wildman–Crippen LogP) is 4.79. The molecule has 0 bridgehead atoms. The number of hydrogen-bond donors (Lipinski definition) is 1. The van der Waals surface area contributed by atoms with E-state index in [1.165, 1.54) is 12.1 Å². The highest BCUT2D eigenvalue weighted by Gasteiger charge is 2.38. The Hall–Kier alpha value is -2.51. The molecule has 9 heteroatoms. The van der Waals surface area contributed by atoms with Gasteiger partial charge in [-0.2, -0.15) is 13.2 Å². The van der Waals surface area contributed by atoms with E-state index in [2.05, 4.69) is 5.32 Å². The number of amides is 2. The normalized spacial score (nSPS) is 14.9. The first-order valence-corrected chi connectivity index (χ1v) is 8.37. The zero-order valence-corrected chi connectivity index (χ0v) is 15.0. The van der Waals surface area contributed by atoms with Crippen LogP contribution in [0.4, 0.5) is 18.9 Å². The molecular formula is C18H11Cl2F3N2O2. The number of anilines is 1. The zero-order chi connectivity index (χ0) is 19.8. The van der Waals surface area contributed by atoms with Gasteiger partial charge in [-0.05, 0) is 29.8 Å². The van der Waals surface area contributed by atoms with Gasteiger partial charge in [-0.1, -0.05) is 47.5 Å². The third kappa shape index (κ3) is 3.94. The van der Waals surface area contributed by atoms with Crippen molar-refractivity contribution in [2.45, 2.75) is 12.7 Å². The number of alkyl halides is 3. The van der Waals surface area contributed by atoms with Gasteiger partial charge in [0.2, 0.25) is 0 Å². The minimum Gasteiger partial charge on any atom is -0.350 e. The van der Waals surface area contributed by atoms with Gasteiger partial charge in [0.15, 0.2) is 0 Å². The van der Waals surface area contributed by atoms with Crippen molar-refractivity contribution in [1.29, 1.82) is 0 Å². The van der Waals surface area contributed by atoms with E-state index in [0.29, 0.717) is 10.6 Å². The third-order valence-electron chi connectivity index (χ3n) is 3.86. The number of nitrogens with zero attached hydrogens (tertiary/aromatic N) is 1. The largest absolute Gasteiger partial charge is 0.416 e. The molecule has 0 radical (unpaired) electrons. The van der Waals surface area contributed by atoms with Gasteiger partial charge in [0, 0.05) is 10.7 Å². The maximum absolute atomic E-state index is 12.8. The standard InChI is InChI=1S/C18H11Cl2F3N2O2/c19-13-7-2-1-4-10(13)9-25-16(26)14(20)15(17(25)27)24-12-6-3-5-11(8-12)18(21,22)23/h1-8,24H,9H2. The lowest BCUT2D eigenvalue weighted by Crippen LogP contribution is -2.32. The number of carbonyl (C=O) groups is 2. The van der Waals surface area contributed by atoms with Crippen molar-refractivity contribution in [2.75, 3.05) is 5.32 Å². The summed E-state index contributed by atoms with van der Waals surface area (Å²) in [6.45, 7) is -0.110. The smallest absolute Gasteiger partial charge is 0.350 e. The van der Waals surface area contributed by atoms with Gasteiger partial charge in [0.05, 0.1) is 12.1 Å². The second-order valence-corrected chi connectivity index (χ2v) is 6.47. The number of benzene rings is 2. The highest BCUT2D eigenvalue weighted by atomic mass is 35.5. The summed E-state index contributed by atoms with van der Waals surface area (Å²) in [4.78, 5) is 25.7. The van der Waals surface area contributed by atoms with Crippen molar-refractivity contribution in [3.05, 3.63) is 75.4 Å². The number of hydrogen-bond acceptors (Lipinski definition) is 3. The summed E-state index contributed by atoms with van der Waals surface area (Å²) in [7, 11) is 0. The number of halogens is 5. The lowest BCUT2D eigenvalue weighted by atomic mass is 10.2. The fraction of sp³-hybridized carbons (Fsp3) is 0.111. The SMILES string of the molecule is O=C1C(Cl)=C(Nc2cccc(C(F)(F)F)c2)C(=O)N1Cc1ccccc1Cl. The molecule has 4 nitrogen and oxygen atoms in total. The van der Waals surface area contributed by atoms with Gasteiger partial charge in [-0.25, -0.2) is 0 Å². The highest BCUT2D eigenvalue weighted by molar-refractivity contribution is 6.48. The van der Waals surface area contributed by atoms with E-state index in [-0.39, 0.29) is 17.9 Å². The van der Waals surface area contributed by atoms with Crippen molar-refractivity contribution in [2.24, 2.45) is 0 Å². The van der Waals surface area contributed by atoms with E-state index < -0.39 is 28.6 Å². The maximum Gasteiger partial charge on any atom is 0.416 e. The lowest BCUT2D eigenvalue weighted by Gasteiger charge is -2.16. The van der Waals surface area contributed by atoms with Crippen molar-refractivity contribution < 1.29 is 22.8 Å². The van der Waals surface area contributed by atoms with Gasteiger partial charge < -0.3 is 5.32 Å². The number of nitrogens with one attached hydrogen (secondary N) is 1. The summed E-state index contributed by atoms with van der Waals surface area (Å²) in [6.07, 6.45) is -4.54. The van der Waals surface area contributed by atoms with E-state index in [0.717, 1.165) is 17.0 Å². The second kappa shape index (κ2) is 7.25. The first-order valence-electron chi connectivity index (χ1n) is 7.62. The molecule has 1 aliphatic rings. The van der Waals surface area contributed by atoms with E-state index in [4.69, 9.17) is 23.2 Å². The van der Waals surface area contributed by atoms with E-state index in [1.54, 1.807) is 24.3 Å². The molecule has 0 saturated carbocycles. The van der Waals surface area contributed by atoms with E-state index in [1.807, 2.05) is 0 Å². The molecule has 0 aromatic heterocycles. The van der Waals surface area contributed by atoms with Crippen LogP contribution in [0.15, 0.2) is 59.3 Å². The van der Waals surface area contributed by atoms with Gasteiger partial charge >= 0.3 is 6.18 Å². The van der Waals surface area contributed by atoms with Crippen molar-refractivity contribution >= 4 is 40.7 Å². The van der Waals surface area contributed by atoms with Gasteiger partial charge in [-0.15, -0.1) is 0 Å². The average molecular weight is 415 g/mol.